The lowest BCUT2D eigenvalue weighted by Crippen LogP contribution is -2.17. The molecule has 6 heteroatoms. The lowest BCUT2D eigenvalue weighted by Gasteiger charge is -2.26. The number of thioether (sulfide) groups is 1. The zero-order valence-corrected chi connectivity index (χ0v) is 21.7. The largest absolute Gasteiger partial charge is 0.206 e. The fraction of sp³-hybridized carbons (Fsp3) is 0.323. The third-order valence-electron chi connectivity index (χ3n) is 6.94. The van der Waals surface area contributed by atoms with Gasteiger partial charge in [-0.15, -0.1) is 0 Å². The van der Waals surface area contributed by atoms with Crippen LogP contribution in [0.2, 0.25) is 0 Å². The van der Waals surface area contributed by atoms with Gasteiger partial charge in [0.05, 0.1) is 10.5 Å². The first-order valence-corrected chi connectivity index (χ1v) is 13.3. The zero-order chi connectivity index (χ0) is 26.5. The van der Waals surface area contributed by atoms with Crippen LogP contribution in [0, 0.1) is 58.6 Å². The molecule has 4 rings (SSSR count). The topological polar surface area (TPSA) is 23.8 Å². The first kappa shape index (κ1) is 26.8. The van der Waals surface area contributed by atoms with Crippen molar-refractivity contribution in [1.82, 2.24) is 0 Å². The Kier molecular flexibility index (Phi) is 8.62. The number of aryl methyl sites for hydroxylation is 1. The maximum Gasteiger partial charge on any atom is 0.142 e. The molecule has 0 fully saturated rings. The molecule has 0 spiro atoms. The van der Waals surface area contributed by atoms with Gasteiger partial charge < -0.3 is 0 Å². The summed E-state index contributed by atoms with van der Waals surface area (Å²) in [5.74, 6) is 3.33. The van der Waals surface area contributed by atoms with Gasteiger partial charge in [-0.25, -0.2) is 17.6 Å². The summed E-state index contributed by atoms with van der Waals surface area (Å²) in [5, 5.41) is 10.3. The van der Waals surface area contributed by atoms with E-state index in [1.807, 2.05) is 0 Å². The minimum absolute atomic E-state index is 0.0273. The number of nitrogens with zero attached hydrogens (tertiary/aromatic N) is 1. The predicted molar refractivity (Wildman–Crippen MR) is 140 cm³/mol. The summed E-state index contributed by atoms with van der Waals surface area (Å²) in [5.41, 5.74) is 3.20. The molecule has 1 unspecified atom stereocenters. The van der Waals surface area contributed by atoms with Gasteiger partial charge in [-0.05, 0) is 96.5 Å². The van der Waals surface area contributed by atoms with Gasteiger partial charge in [0.1, 0.15) is 28.7 Å². The Morgan fingerprint density at radius 3 is 2.41 bits per heavy atom. The molecule has 1 aliphatic rings. The lowest BCUT2D eigenvalue weighted by molar-refractivity contribution is 0.399. The van der Waals surface area contributed by atoms with Crippen LogP contribution in [0.4, 0.5) is 17.6 Å². The van der Waals surface area contributed by atoms with E-state index in [0.717, 1.165) is 49.8 Å². The highest BCUT2D eigenvalue weighted by Gasteiger charge is 2.26. The van der Waals surface area contributed by atoms with Gasteiger partial charge in [-0.3, -0.25) is 0 Å². The molecular formula is C31H27F4NS. The van der Waals surface area contributed by atoms with Crippen molar-refractivity contribution in [1.29, 1.82) is 5.26 Å². The van der Waals surface area contributed by atoms with E-state index in [2.05, 4.69) is 18.8 Å². The van der Waals surface area contributed by atoms with Gasteiger partial charge in [-0.2, -0.15) is 5.26 Å². The van der Waals surface area contributed by atoms with Crippen LogP contribution in [0.25, 0.3) is 11.1 Å². The SMILES string of the molecule is CCCCCC1CCc2c(cc(F)c(-c3ccc(C#Cc4cc(F)c(SC#N)c(F)c4)c(C)c3)c2F)C1. The van der Waals surface area contributed by atoms with Gasteiger partial charge in [0.15, 0.2) is 0 Å². The van der Waals surface area contributed by atoms with Crippen molar-refractivity contribution in [2.45, 2.75) is 63.7 Å². The van der Waals surface area contributed by atoms with E-state index in [4.69, 9.17) is 5.26 Å². The third kappa shape index (κ3) is 6.03. The molecule has 0 bridgehead atoms. The van der Waals surface area contributed by atoms with Gasteiger partial charge in [0.2, 0.25) is 0 Å². The maximum absolute atomic E-state index is 15.5. The van der Waals surface area contributed by atoms with Crippen molar-refractivity contribution in [3.63, 3.8) is 0 Å². The molecule has 1 atom stereocenters. The molecular weight excluding hydrogens is 494 g/mol. The smallest absolute Gasteiger partial charge is 0.142 e. The second-order valence-corrected chi connectivity index (χ2v) is 10.3. The summed E-state index contributed by atoms with van der Waals surface area (Å²) < 4.78 is 58.9. The molecule has 0 aliphatic heterocycles. The first-order chi connectivity index (χ1) is 17.8. The number of unbranched alkanes of at least 4 members (excludes halogenated alkanes) is 2. The van der Waals surface area contributed by atoms with E-state index in [0.29, 0.717) is 46.4 Å². The van der Waals surface area contributed by atoms with Crippen molar-refractivity contribution >= 4 is 11.8 Å². The van der Waals surface area contributed by atoms with Crippen molar-refractivity contribution in [3.8, 4) is 28.4 Å². The van der Waals surface area contributed by atoms with Crippen molar-refractivity contribution < 1.29 is 17.6 Å². The van der Waals surface area contributed by atoms with Crippen LogP contribution in [-0.2, 0) is 12.8 Å². The van der Waals surface area contributed by atoms with Crippen molar-refractivity contribution in [3.05, 3.63) is 87.5 Å². The Morgan fingerprint density at radius 1 is 0.973 bits per heavy atom. The minimum Gasteiger partial charge on any atom is -0.206 e. The van der Waals surface area contributed by atoms with E-state index in [1.165, 1.54) is 12.5 Å². The Morgan fingerprint density at radius 2 is 1.73 bits per heavy atom. The lowest BCUT2D eigenvalue weighted by atomic mass is 9.80. The molecule has 0 saturated carbocycles. The number of hydrogen-bond acceptors (Lipinski definition) is 2. The van der Waals surface area contributed by atoms with Crippen LogP contribution in [0.15, 0.2) is 41.3 Å². The van der Waals surface area contributed by atoms with Crippen LogP contribution < -0.4 is 0 Å². The highest BCUT2D eigenvalue weighted by atomic mass is 32.2. The number of benzene rings is 3. The number of halogens is 4. The molecule has 1 aliphatic carbocycles. The summed E-state index contributed by atoms with van der Waals surface area (Å²) in [6, 6.07) is 8.61. The fourth-order valence-corrected chi connectivity index (χ4v) is 5.40. The Labute approximate surface area is 219 Å². The summed E-state index contributed by atoms with van der Waals surface area (Å²) >= 11 is 0.414. The van der Waals surface area contributed by atoms with Crippen LogP contribution in [-0.4, -0.2) is 0 Å². The molecule has 3 aromatic rings. The quantitative estimate of drug-likeness (QED) is 0.106. The highest BCUT2D eigenvalue weighted by Crippen LogP contribution is 2.37. The van der Waals surface area contributed by atoms with Crippen LogP contribution in [0.1, 0.15) is 66.8 Å². The fourth-order valence-electron chi connectivity index (χ4n) is 4.99. The highest BCUT2D eigenvalue weighted by molar-refractivity contribution is 8.03. The molecule has 1 nitrogen and oxygen atoms in total. The van der Waals surface area contributed by atoms with Crippen LogP contribution >= 0.6 is 11.8 Å². The van der Waals surface area contributed by atoms with Gasteiger partial charge in [-0.1, -0.05) is 50.5 Å². The van der Waals surface area contributed by atoms with Gasteiger partial charge in [0.25, 0.3) is 0 Å². The predicted octanol–water partition coefficient (Wildman–Crippen LogP) is 8.88. The first-order valence-electron chi connectivity index (χ1n) is 12.5. The van der Waals surface area contributed by atoms with E-state index < -0.39 is 23.3 Å². The summed E-state index contributed by atoms with van der Waals surface area (Å²) in [4.78, 5) is -0.366. The molecule has 0 aromatic heterocycles. The molecule has 190 valence electrons. The van der Waals surface area contributed by atoms with E-state index >= 15 is 8.78 Å². The number of rotatable bonds is 6. The van der Waals surface area contributed by atoms with Crippen LogP contribution in [0.5, 0.6) is 0 Å². The molecule has 0 N–H and O–H groups in total. The molecule has 0 radical (unpaired) electrons. The molecule has 37 heavy (non-hydrogen) atoms. The minimum atomic E-state index is -0.853. The number of nitriles is 1. The molecule has 0 amide bonds. The van der Waals surface area contributed by atoms with Gasteiger partial charge in [0, 0.05) is 11.1 Å². The Bertz CT molecular complexity index is 1400. The number of thiocyanates is 1. The van der Waals surface area contributed by atoms with Crippen LogP contribution in [0.3, 0.4) is 0 Å². The molecule has 0 heterocycles. The number of hydrogen-bond donors (Lipinski definition) is 0. The Balaban J connectivity index is 1.59. The average Bonchev–Trinajstić information content (AvgIpc) is 2.86. The standard InChI is InChI=1S/C31H27F4NS/c1-3-4-5-6-20-8-12-25-24(14-20)17-26(32)29(30(25)35)23-11-10-22(19(2)13-23)9-7-21-15-27(33)31(37-18-36)28(34)16-21/h10-11,13,15-17,20H,3-6,8,12,14H2,1-2H3. The normalized spacial score (nSPS) is 14.5. The van der Waals surface area contributed by atoms with Crippen molar-refractivity contribution in [2.24, 2.45) is 5.92 Å². The third-order valence-corrected chi connectivity index (χ3v) is 7.63. The number of fused-ring (bicyclic) bond motifs is 1. The second kappa shape index (κ2) is 11.9. The molecule has 0 saturated heterocycles. The second-order valence-electron chi connectivity index (χ2n) is 9.53. The van der Waals surface area contributed by atoms with E-state index in [9.17, 15) is 8.78 Å². The monoisotopic (exact) mass is 521 g/mol. The summed E-state index contributed by atoms with van der Waals surface area (Å²) in [6.07, 6.45) is 6.86. The summed E-state index contributed by atoms with van der Waals surface area (Å²) in [7, 11) is 0. The van der Waals surface area contributed by atoms with E-state index in [1.54, 1.807) is 30.5 Å². The van der Waals surface area contributed by atoms with Gasteiger partial charge >= 0.3 is 0 Å². The maximum atomic E-state index is 15.5. The summed E-state index contributed by atoms with van der Waals surface area (Å²) in [6.45, 7) is 3.94. The zero-order valence-electron chi connectivity index (χ0n) is 20.9. The Hall–Kier alpha value is -3.22. The van der Waals surface area contributed by atoms with Crippen molar-refractivity contribution in [2.75, 3.05) is 0 Å². The average molecular weight is 522 g/mol. The molecule has 3 aromatic carbocycles. The van der Waals surface area contributed by atoms with E-state index in [-0.39, 0.29) is 16.0 Å².